The number of rotatable bonds is 6. The molecule has 4 heterocycles. The predicted molar refractivity (Wildman–Crippen MR) is 133 cm³/mol. The van der Waals surface area contributed by atoms with Crippen molar-refractivity contribution in [3.05, 3.63) is 66.0 Å². The largest absolute Gasteiger partial charge is 0.417 e. The summed E-state index contributed by atoms with van der Waals surface area (Å²) < 4.78 is 73.9. The highest BCUT2D eigenvalue weighted by Gasteiger charge is 2.34. The second kappa shape index (κ2) is 8.66. The summed E-state index contributed by atoms with van der Waals surface area (Å²) in [5.41, 5.74) is 3.09. The summed E-state index contributed by atoms with van der Waals surface area (Å²) in [5, 5.41) is 0. The number of benzene rings is 1. The van der Waals surface area contributed by atoms with E-state index >= 15 is 0 Å². The summed E-state index contributed by atoms with van der Waals surface area (Å²) in [4.78, 5) is 8.67. The summed E-state index contributed by atoms with van der Waals surface area (Å²) in [6.45, 7) is 2.16. The smallest absolute Gasteiger partial charge is 0.377 e. The molecule has 0 spiro atoms. The summed E-state index contributed by atoms with van der Waals surface area (Å²) in [7, 11) is -3.73. The zero-order chi connectivity index (χ0) is 25.9. The maximum absolute atomic E-state index is 13.5. The minimum atomic E-state index is -4.56. The van der Waals surface area contributed by atoms with E-state index in [0.29, 0.717) is 35.9 Å². The van der Waals surface area contributed by atoms with Gasteiger partial charge in [-0.1, -0.05) is 31.2 Å². The van der Waals surface area contributed by atoms with Crippen molar-refractivity contribution in [1.29, 1.82) is 0 Å². The van der Waals surface area contributed by atoms with E-state index in [1.807, 2.05) is 12.1 Å². The summed E-state index contributed by atoms with van der Waals surface area (Å²) in [6.07, 6.45) is 0.225. The molecule has 1 saturated carbocycles. The van der Waals surface area contributed by atoms with E-state index in [1.165, 1.54) is 18.4 Å². The second-order valence-electron chi connectivity index (χ2n) is 9.59. The van der Waals surface area contributed by atoms with Crippen molar-refractivity contribution in [2.24, 2.45) is 0 Å². The molecule has 0 amide bonds. The van der Waals surface area contributed by atoms with Gasteiger partial charge in [-0.2, -0.15) is 13.2 Å². The van der Waals surface area contributed by atoms with Gasteiger partial charge in [0.25, 0.3) is 0 Å². The molecular formula is C27H24F3N3O3S. The SMILES string of the molecule is CCS(=O)(=O)c1cc(-c2ccc(C3CC3)cc2)cnc1-c1cc2ncc(C(F)(F)F)cc2n1C1COC1. The molecule has 192 valence electrons. The van der Waals surface area contributed by atoms with Crippen LogP contribution >= 0.6 is 0 Å². The van der Waals surface area contributed by atoms with Gasteiger partial charge >= 0.3 is 6.18 Å². The van der Waals surface area contributed by atoms with Crippen LogP contribution in [0.4, 0.5) is 13.2 Å². The molecule has 10 heteroatoms. The molecule has 2 aliphatic rings. The van der Waals surface area contributed by atoms with Gasteiger partial charge < -0.3 is 9.30 Å². The van der Waals surface area contributed by atoms with Gasteiger partial charge in [-0.25, -0.2) is 8.42 Å². The number of halogens is 3. The first-order chi connectivity index (χ1) is 17.7. The van der Waals surface area contributed by atoms with Gasteiger partial charge in [-0.15, -0.1) is 0 Å². The summed E-state index contributed by atoms with van der Waals surface area (Å²) in [6, 6.07) is 12.1. The van der Waals surface area contributed by atoms with Gasteiger partial charge in [0, 0.05) is 18.0 Å². The van der Waals surface area contributed by atoms with Gasteiger partial charge in [0.1, 0.15) is 5.69 Å². The third-order valence-corrected chi connectivity index (χ3v) is 8.85. The summed E-state index contributed by atoms with van der Waals surface area (Å²) >= 11 is 0. The fourth-order valence-electron chi connectivity index (χ4n) is 4.75. The maximum Gasteiger partial charge on any atom is 0.417 e. The molecule has 0 bridgehead atoms. The Balaban J connectivity index is 1.53. The normalized spacial score (nSPS) is 16.8. The van der Waals surface area contributed by atoms with Crippen LogP contribution in [-0.4, -0.2) is 41.9 Å². The highest BCUT2D eigenvalue weighted by molar-refractivity contribution is 7.91. The average molecular weight is 528 g/mol. The van der Waals surface area contributed by atoms with E-state index in [0.717, 1.165) is 17.8 Å². The monoisotopic (exact) mass is 527 g/mol. The Morgan fingerprint density at radius 1 is 1.00 bits per heavy atom. The predicted octanol–water partition coefficient (Wildman–Crippen LogP) is 6.03. The molecule has 1 aliphatic carbocycles. The van der Waals surface area contributed by atoms with Crippen LogP contribution in [0.2, 0.25) is 0 Å². The molecule has 4 aromatic rings. The van der Waals surface area contributed by atoms with E-state index in [-0.39, 0.29) is 27.9 Å². The number of ether oxygens (including phenoxy) is 1. The van der Waals surface area contributed by atoms with Crippen LogP contribution in [0, 0.1) is 0 Å². The molecule has 0 unspecified atom stereocenters. The number of pyridine rings is 2. The third-order valence-electron chi connectivity index (χ3n) is 7.11. The first kappa shape index (κ1) is 24.1. The molecule has 3 aromatic heterocycles. The standard InChI is InChI=1S/C27H24F3N3O3S/c1-2-37(34,35)25-9-19(18-7-5-17(6-8-18)16-3-4-16)12-32-26(25)24-11-22-23(33(24)21-14-36-15-21)10-20(13-31-22)27(28,29)30/h5-13,16,21H,2-4,14-15H2,1H3. The zero-order valence-electron chi connectivity index (χ0n) is 20.0. The number of fused-ring (bicyclic) bond motifs is 1. The number of nitrogens with zero attached hydrogens (tertiary/aromatic N) is 3. The Morgan fingerprint density at radius 2 is 1.73 bits per heavy atom. The van der Waals surface area contributed by atoms with Crippen LogP contribution in [0.1, 0.15) is 42.9 Å². The Morgan fingerprint density at radius 3 is 2.32 bits per heavy atom. The molecule has 2 fully saturated rings. The Hall–Kier alpha value is -3.24. The highest BCUT2D eigenvalue weighted by atomic mass is 32.2. The van der Waals surface area contributed by atoms with Crippen LogP contribution in [0.25, 0.3) is 33.5 Å². The van der Waals surface area contributed by atoms with Gasteiger partial charge in [-0.05, 0) is 48.1 Å². The molecule has 37 heavy (non-hydrogen) atoms. The van der Waals surface area contributed by atoms with Crippen molar-refractivity contribution >= 4 is 20.9 Å². The average Bonchev–Trinajstić information content (AvgIpc) is 3.64. The molecule has 1 aromatic carbocycles. The van der Waals surface area contributed by atoms with Gasteiger partial charge in [0.05, 0.1) is 52.2 Å². The highest BCUT2D eigenvalue weighted by Crippen LogP contribution is 2.41. The quantitative estimate of drug-likeness (QED) is 0.306. The fourth-order valence-corrected chi connectivity index (χ4v) is 5.82. The van der Waals surface area contributed by atoms with Gasteiger partial charge in [-0.3, -0.25) is 9.97 Å². The fraction of sp³-hybridized carbons (Fsp3) is 0.333. The summed E-state index contributed by atoms with van der Waals surface area (Å²) in [5.74, 6) is 0.462. The van der Waals surface area contributed by atoms with Crippen molar-refractivity contribution in [3.8, 4) is 22.5 Å². The molecule has 0 atom stereocenters. The Kier molecular flexibility index (Phi) is 5.65. The first-order valence-corrected chi connectivity index (χ1v) is 13.8. The minimum absolute atomic E-state index is 0.0408. The van der Waals surface area contributed by atoms with Gasteiger partial charge in [0.15, 0.2) is 9.84 Å². The van der Waals surface area contributed by atoms with Crippen molar-refractivity contribution in [2.75, 3.05) is 19.0 Å². The lowest BCUT2D eigenvalue weighted by Gasteiger charge is -2.30. The second-order valence-corrected chi connectivity index (χ2v) is 11.8. The maximum atomic E-state index is 13.5. The van der Waals surface area contributed by atoms with Crippen molar-refractivity contribution < 1.29 is 26.3 Å². The number of sulfone groups is 1. The van der Waals surface area contributed by atoms with Gasteiger partial charge in [0.2, 0.25) is 0 Å². The Labute approximate surface area is 212 Å². The topological polar surface area (TPSA) is 74.1 Å². The molecule has 1 saturated heterocycles. The van der Waals surface area contributed by atoms with Crippen LogP contribution in [0.5, 0.6) is 0 Å². The molecule has 0 N–H and O–H groups in total. The van der Waals surface area contributed by atoms with Crippen LogP contribution in [0.15, 0.2) is 59.8 Å². The van der Waals surface area contributed by atoms with Crippen molar-refractivity contribution in [2.45, 2.75) is 42.8 Å². The van der Waals surface area contributed by atoms with Crippen LogP contribution in [0.3, 0.4) is 0 Å². The number of aromatic nitrogens is 3. The van der Waals surface area contributed by atoms with E-state index in [1.54, 1.807) is 29.8 Å². The third kappa shape index (κ3) is 4.31. The van der Waals surface area contributed by atoms with Crippen molar-refractivity contribution in [1.82, 2.24) is 14.5 Å². The molecule has 1 aliphatic heterocycles. The van der Waals surface area contributed by atoms with E-state index in [9.17, 15) is 21.6 Å². The first-order valence-electron chi connectivity index (χ1n) is 12.1. The molecule has 6 nitrogen and oxygen atoms in total. The lowest BCUT2D eigenvalue weighted by molar-refractivity contribution is -0.137. The van der Waals surface area contributed by atoms with E-state index in [2.05, 4.69) is 22.1 Å². The number of alkyl halides is 3. The lowest BCUT2D eigenvalue weighted by atomic mass is 10.0. The van der Waals surface area contributed by atoms with E-state index in [4.69, 9.17) is 4.74 Å². The van der Waals surface area contributed by atoms with E-state index < -0.39 is 21.6 Å². The number of hydrogen-bond acceptors (Lipinski definition) is 5. The number of hydrogen-bond donors (Lipinski definition) is 0. The molecular weight excluding hydrogens is 503 g/mol. The zero-order valence-corrected chi connectivity index (χ0v) is 20.8. The molecule has 6 rings (SSSR count). The Bertz CT molecular complexity index is 1600. The van der Waals surface area contributed by atoms with Crippen molar-refractivity contribution in [3.63, 3.8) is 0 Å². The lowest BCUT2D eigenvalue weighted by Crippen LogP contribution is -2.31. The van der Waals surface area contributed by atoms with Crippen LogP contribution < -0.4 is 0 Å². The minimum Gasteiger partial charge on any atom is -0.377 e. The van der Waals surface area contributed by atoms with Crippen LogP contribution in [-0.2, 0) is 20.8 Å². The molecule has 0 radical (unpaired) electrons.